The van der Waals surface area contributed by atoms with Crippen LogP contribution in [-0.4, -0.2) is 68.4 Å². The average molecular weight is 528 g/mol. The van der Waals surface area contributed by atoms with E-state index in [4.69, 9.17) is 14.5 Å². The summed E-state index contributed by atoms with van der Waals surface area (Å²) in [4.78, 5) is 20.9. The molecule has 166 valence electrons. The van der Waals surface area contributed by atoms with Crippen LogP contribution in [0.3, 0.4) is 0 Å². The number of carbonyl (C=O) groups excluding carboxylic acids is 1. The van der Waals surface area contributed by atoms with Crippen LogP contribution >= 0.6 is 24.0 Å². The molecule has 1 amide bonds. The first kappa shape index (κ1) is 23.3. The molecule has 0 aliphatic carbocycles. The molecule has 0 saturated carbocycles. The lowest BCUT2D eigenvalue weighted by atomic mass is 10.1. The Bertz CT molecular complexity index is 722. The SMILES string of the molecule is CCNC(=NCc1ccc(N2CCCC2=O)cc1)N1CCOC(C2CCCO2)C1.I. The number of halogens is 1. The molecule has 3 saturated heterocycles. The summed E-state index contributed by atoms with van der Waals surface area (Å²) in [6.07, 6.45) is 4.14. The molecule has 0 bridgehead atoms. The van der Waals surface area contributed by atoms with E-state index in [1.807, 2.05) is 17.0 Å². The highest BCUT2D eigenvalue weighted by molar-refractivity contribution is 14.0. The standard InChI is InChI=1S/C22H32N4O3.HI/c1-2-23-22(25-12-14-29-20(16-25)19-5-4-13-28-19)24-15-17-7-9-18(10-8-17)26-11-3-6-21(26)27;/h7-10,19-20H,2-6,11-16H2,1H3,(H,23,24);1H. The highest BCUT2D eigenvalue weighted by Gasteiger charge is 2.32. The summed E-state index contributed by atoms with van der Waals surface area (Å²) >= 11 is 0. The Labute approximate surface area is 196 Å². The predicted octanol–water partition coefficient (Wildman–Crippen LogP) is 2.78. The average Bonchev–Trinajstić information content (AvgIpc) is 3.44. The van der Waals surface area contributed by atoms with Crippen LogP contribution < -0.4 is 10.2 Å². The molecule has 7 nitrogen and oxygen atoms in total. The second kappa shape index (κ2) is 11.3. The van der Waals surface area contributed by atoms with E-state index >= 15 is 0 Å². The van der Waals surface area contributed by atoms with Crippen molar-refractivity contribution in [2.45, 2.75) is 51.4 Å². The number of morpholine rings is 1. The molecule has 2 atom stereocenters. The number of guanidine groups is 1. The fraction of sp³-hybridized carbons (Fsp3) is 0.636. The molecule has 4 rings (SSSR count). The summed E-state index contributed by atoms with van der Waals surface area (Å²) in [5.74, 6) is 1.15. The molecule has 0 spiro atoms. The fourth-order valence-electron chi connectivity index (χ4n) is 4.28. The number of ether oxygens (including phenoxy) is 2. The van der Waals surface area contributed by atoms with Crippen molar-refractivity contribution in [1.29, 1.82) is 0 Å². The number of carbonyl (C=O) groups is 1. The summed E-state index contributed by atoms with van der Waals surface area (Å²) < 4.78 is 11.8. The first-order valence-corrected chi connectivity index (χ1v) is 10.9. The maximum Gasteiger partial charge on any atom is 0.227 e. The highest BCUT2D eigenvalue weighted by Crippen LogP contribution is 2.23. The van der Waals surface area contributed by atoms with Gasteiger partial charge < -0.3 is 24.6 Å². The van der Waals surface area contributed by atoms with Gasteiger partial charge in [-0.15, -0.1) is 24.0 Å². The van der Waals surface area contributed by atoms with Gasteiger partial charge in [0.1, 0.15) is 6.10 Å². The molecule has 30 heavy (non-hydrogen) atoms. The van der Waals surface area contributed by atoms with Gasteiger partial charge in [-0.3, -0.25) is 4.79 Å². The zero-order valence-corrected chi connectivity index (χ0v) is 20.0. The molecule has 3 heterocycles. The van der Waals surface area contributed by atoms with Gasteiger partial charge in [0.15, 0.2) is 5.96 Å². The van der Waals surface area contributed by atoms with Crippen LogP contribution in [0.25, 0.3) is 0 Å². The monoisotopic (exact) mass is 528 g/mol. The largest absolute Gasteiger partial charge is 0.375 e. The van der Waals surface area contributed by atoms with E-state index in [-0.39, 0.29) is 42.1 Å². The Kier molecular flexibility index (Phi) is 8.76. The molecule has 1 aromatic carbocycles. The van der Waals surface area contributed by atoms with Gasteiger partial charge >= 0.3 is 0 Å². The first-order valence-electron chi connectivity index (χ1n) is 10.9. The van der Waals surface area contributed by atoms with Crippen LogP contribution in [0.5, 0.6) is 0 Å². The molecule has 0 aromatic heterocycles. The van der Waals surface area contributed by atoms with Crippen molar-refractivity contribution < 1.29 is 14.3 Å². The Hall–Kier alpha value is -1.39. The minimum Gasteiger partial charge on any atom is -0.375 e. The second-order valence-electron chi connectivity index (χ2n) is 7.89. The maximum absolute atomic E-state index is 11.9. The lowest BCUT2D eigenvalue weighted by Crippen LogP contribution is -2.53. The van der Waals surface area contributed by atoms with Gasteiger partial charge in [0, 0.05) is 44.9 Å². The van der Waals surface area contributed by atoms with E-state index in [0.29, 0.717) is 19.6 Å². The number of hydrogen-bond donors (Lipinski definition) is 1. The van der Waals surface area contributed by atoms with Crippen molar-refractivity contribution in [2.24, 2.45) is 4.99 Å². The molecular weight excluding hydrogens is 495 g/mol. The van der Waals surface area contributed by atoms with Crippen molar-refractivity contribution in [3.8, 4) is 0 Å². The van der Waals surface area contributed by atoms with Gasteiger partial charge in [0.25, 0.3) is 0 Å². The number of rotatable bonds is 5. The number of nitrogens with zero attached hydrogens (tertiary/aromatic N) is 3. The van der Waals surface area contributed by atoms with E-state index in [1.54, 1.807) is 0 Å². The van der Waals surface area contributed by atoms with Crippen molar-refractivity contribution >= 4 is 41.5 Å². The Morgan fingerprint density at radius 3 is 2.60 bits per heavy atom. The predicted molar refractivity (Wildman–Crippen MR) is 129 cm³/mol. The lowest BCUT2D eigenvalue weighted by molar-refractivity contribution is -0.117. The van der Waals surface area contributed by atoms with Crippen LogP contribution in [0, 0.1) is 0 Å². The molecule has 2 unspecified atom stereocenters. The van der Waals surface area contributed by atoms with Crippen LogP contribution in [0.1, 0.15) is 38.2 Å². The summed E-state index contributed by atoms with van der Waals surface area (Å²) in [5, 5.41) is 3.42. The minimum atomic E-state index is 0. The highest BCUT2D eigenvalue weighted by atomic mass is 127. The van der Waals surface area contributed by atoms with Crippen molar-refractivity contribution in [1.82, 2.24) is 10.2 Å². The molecule has 0 radical (unpaired) electrons. The normalized spacial score (nSPS) is 24.8. The summed E-state index contributed by atoms with van der Waals surface area (Å²) in [6.45, 7) is 7.55. The van der Waals surface area contributed by atoms with Crippen molar-refractivity contribution in [3.05, 3.63) is 29.8 Å². The number of aliphatic imine (C=N–C) groups is 1. The van der Waals surface area contributed by atoms with Crippen molar-refractivity contribution in [3.63, 3.8) is 0 Å². The van der Waals surface area contributed by atoms with Gasteiger partial charge in [0.2, 0.25) is 5.91 Å². The Balaban J connectivity index is 0.00000256. The van der Waals surface area contributed by atoms with Crippen LogP contribution in [-0.2, 0) is 20.8 Å². The van der Waals surface area contributed by atoms with Gasteiger partial charge in [-0.2, -0.15) is 0 Å². The van der Waals surface area contributed by atoms with Gasteiger partial charge in [0.05, 0.1) is 19.3 Å². The topological polar surface area (TPSA) is 66.4 Å². The van der Waals surface area contributed by atoms with E-state index < -0.39 is 0 Å². The number of anilines is 1. The van der Waals surface area contributed by atoms with Gasteiger partial charge in [-0.25, -0.2) is 4.99 Å². The van der Waals surface area contributed by atoms with Gasteiger partial charge in [-0.05, 0) is 43.9 Å². The minimum absolute atomic E-state index is 0. The Morgan fingerprint density at radius 2 is 1.93 bits per heavy atom. The summed E-state index contributed by atoms with van der Waals surface area (Å²) in [5.41, 5.74) is 2.12. The smallest absolute Gasteiger partial charge is 0.227 e. The van der Waals surface area contributed by atoms with E-state index in [2.05, 4.69) is 29.3 Å². The molecule has 8 heteroatoms. The molecule has 1 N–H and O–H groups in total. The third kappa shape index (κ3) is 5.64. The third-order valence-corrected chi connectivity index (χ3v) is 5.84. The number of benzene rings is 1. The molecule has 3 fully saturated rings. The van der Waals surface area contributed by atoms with E-state index in [0.717, 1.165) is 69.3 Å². The number of nitrogens with one attached hydrogen (secondary N) is 1. The summed E-state index contributed by atoms with van der Waals surface area (Å²) in [6, 6.07) is 8.21. The van der Waals surface area contributed by atoms with Crippen LogP contribution in [0.15, 0.2) is 29.3 Å². The van der Waals surface area contributed by atoms with Gasteiger partial charge in [-0.1, -0.05) is 12.1 Å². The first-order chi connectivity index (χ1) is 14.2. The molecular formula is C22H33IN4O3. The fourth-order valence-corrected chi connectivity index (χ4v) is 4.28. The number of amides is 1. The molecule has 3 aliphatic heterocycles. The zero-order valence-electron chi connectivity index (χ0n) is 17.7. The quantitative estimate of drug-likeness (QED) is 0.362. The summed E-state index contributed by atoms with van der Waals surface area (Å²) in [7, 11) is 0. The van der Waals surface area contributed by atoms with Crippen LogP contribution in [0.2, 0.25) is 0 Å². The maximum atomic E-state index is 11.9. The third-order valence-electron chi connectivity index (χ3n) is 5.84. The Morgan fingerprint density at radius 1 is 1.13 bits per heavy atom. The van der Waals surface area contributed by atoms with E-state index in [9.17, 15) is 4.79 Å². The van der Waals surface area contributed by atoms with E-state index in [1.165, 1.54) is 0 Å². The molecule has 1 aromatic rings. The lowest BCUT2D eigenvalue weighted by Gasteiger charge is -2.37. The second-order valence-corrected chi connectivity index (χ2v) is 7.89. The van der Waals surface area contributed by atoms with Crippen molar-refractivity contribution in [2.75, 3.05) is 44.3 Å². The zero-order chi connectivity index (χ0) is 20.1. The number of hydrogen-bond acceptors (Lipinski definition) is 4. The van der Waals surface area contributed by atoms with Crippen LogP contribution in [0.4, 0.5) is 5.69 Å². The molecule has 3 aliphatic rings.